The van der Waals surface area contributed by atoms with Gasteiger partial charge in [0.15, 0.2) is 0 Å². The largest absolute Gasteiger partial charge is 0.309 e. The molecule has 0 spiro atoms. The molecule has 0 radical (unpaired) electrons. The second kappa shape index (κ2) is 10.4. The molecule has 0 unspecified atom stereocenters. The van der Waals surface area contributed by atoms with Gasteiger partial charge in [-0.25, -0.2) is 0 Å². The van der Waals surface area contributed by atoms with Crippen LogP contribution in [-0.4, -0.2) is 9.13 Å². The zero-order valence-electron chi connectivity index (χ0n) is 27.2. The van der Waals surface area contributed by atoms with E-state index in [1.54, 1.807) is 0 Å². The molecule has 2 heterocycles. The van der Waals surface area contributed by atoms with Crippen molar-refractivity contribution in [2.45, 2.75) is 0 Å². The van der Waals surface area contributed by atoms with E-state index >= 15 is 0 Å². The first-order valence-corrected chi connectivity index (χ1v) is 17.3. The Hall–Kier alpha value is -6.64. The fourth-order valence-corrected chi connectivity index (χ4v) is 8.54. The Labute approximate surface area is 288 Å². The lowest BCUT2D eigenvalue weighted by atomic mass is 9.92. The minimum absolute atomic E-state index is 1.16. The van der Waals surface area contributed by atoms with E-state index in [1.807, 2.05) is 0 Å². The molecule has 11 aromatic rings. The fourth-order valence-electron chi connectivity index (χ4n) is 8.54. The molecule has 11 rings (SSSR count). The maximum Gasteiger partial charge on any atom is 0.0548 e. The number of hydrogen-bond donors (Lipinski definition) is 0. The van der Waals surface area contributed by atoms with Crippen LogP contribution in [-0.2, 0) is 0 Å². The van der Waals surface area contributed by atoms with Crippen LogP contribution >= 0.6 is 0 Å². The summed E-state index contributed by atoms with van der Waals surface area (Å²) in [6, 6.07) is 66.6. The monoisotopic (exact) mass is 634 g/mol. The van der Waals surface area contributed by atoms with E-state index in [0.29, 0.717) is 0 Å². The predicted molar refractivity (Wildman–Crippen MR) is 213 cm³/mol. The van der Waals surface area contributed by atoms with Crippen molar-refractivity contribution >= 4 is 75.9 Å². The van der Waals surface area contributed by atoms with Gasteiger partial charge in [-0.15, -0.1) is 0 Å². The highest BCUT2D eigenvalue weighted by Crippen LogP contribution is 2.43. The minimum atomic E-state index is 1.16. The molecular formula is C48H30N2. The summed E-state index contributed by atoms with van der Waals surface area (Å²) in [5.41, 5.74) is 9.63. The molecular weight excluding hydrogens is 605 g/mol. The van der Waals surface area contributed by atoms with Gasteiger partial charge in [0, 0.05) is 32.9 Å². The Balaban J connectivity index is 1.11. The molecule has 2 nitrogen and oxygen atoms in total. The standard InChI is InChI=1S/C48H30N2/c1-2-12-33(13-3-1)49-43-20-10-8-18-40(43)47-45(49)28-29-46-48(47)41-19-9-11-21-44(41)50(46)34-25-22-31(23-26-34)32-24-27-39-37-16-5-4-14-35(37)36-15-6-7-17-38(36)42(39)30-32/h1-30H. The molecule has 2 aromatic heterocycles. The molecule has 2 heteroatoms. The second-order valence-electron chi connectivity index (χ2n) is 13.3. The maximum absolute atomic E-state index is 2.43. The first kappa shape index (κ1) is 27.3. The molecule has 0 saturated heterocycles. The van der Waals surface area contributed by atoms with Gasteiger partial charge in [0.1, 0.15) is 0 Å². The van der Waals surface area contributed by atoms with Gasteiger partial charge in [0.05, 0.1) is 22.1 Å². The van der Waals surface area contributed by atoms with Gasteiger partial charge < -0.3 is 9.13 Å². The first-order chi connectivity index (χ1) is 24.8. The number of aromatic nitrogens is 2. The van der Waals surface area contributed by atoms with Gasteiger partial charge in [-0.2, -0.15) is 0 Å². The minimum Gasteiger partial charge on any atom is -0.309 e. The lowest BCUT2D eigenvalue weighted by molar-refractivity contribution is 1.17. The molecule has 232 valence electrons. The van der Waals surface area contributed by atoms with Crippen molar-refractivity contribution in [3.8, 4) is 22.5 Å². The smallest absolute Gasteiger partial charge is 0.0548 e. The number of nitrogens with zero attached hydrogens (tertiary/aromatic N) is 2. The van der Waals surface area contributed by atoms with E-state index in [1.165, 1.54) is 92.7 Å². The van der Waals surface area contributed by atoms with Crippen LogP contribution in [0.3, 0.4) is 0 Å². The number of fused-ring (bicyclic) bond motifs is 13. The van der Waals surface area contributed by atoms with Crippen molar-refractivity contribution in [1.29, 1.82) is 0 Å². The van der Waals surface area contributed by atoms with E-state index in [9.17, 15) is 0 Å². The number of rotatable bonds is 3. The SMILES string of the molecule is c1ccc(-n2c3ccccc3c3c4c5ccccc5n(-c5ccc(-c6ccc7c8ccccc8c8ccccc8c7c6)cc5)c4ccc32)cc1. The van der Waals surface area contributed by atoms with Crippen LogP contribution in [0.25, 0.3) is 98.4 Å². The van der Waals surface area contributed by atoms with E-state index in [4.69, 9.17) is 0 Å². The Kier molecular flexibility index (Phi) is 5.70. The first-order valence-electron chi connectivity index (χ1n) is 17.3. The number of hydrogen-bond acceptors (Lipinski definition) is 0. The third-order valence-electron chi connectivity index (χ3n) is 10.7. The molecule has 50 heavy (non-hydrogen) atoms. The highest BCUT2D eigenvalue weighted by molar-refractivity contribution is 6.29. The zero-order valence-corrected chi connectivity index (χ0v) is 27.2. The summed E-state index contributed by atoms with van der Waals surface area (Å²) in [6.07, 6.45) is 0. The summed E-state index contributed by atoms with van der Waals surface area (Å²) >= 11 is 0. The van der Waals surface area contributed by atoms with Crippen LogP contribution in [0.4, 0.5) is 0 Å². The Morgan fingerprint density at radius 2 is 0.640 bits per heavy atom. The molecule has 0 bridgehead atoms. The van der Waals surface area contributed by atoms with E-state index in [-0.39, 0.29) is 0 Å². The van der Waals surface area contributed by atoms with Crippen LogP contribution in [0, 0.1) is 0 Å². The molecule has 0 atom stereocenters. The fraction of sp³-hybridized carbons (Fsp3) is 0. The van der Waals surface area contributed by atoms with Gasteiger partial charge in [-0.1, -0.05) is 127 Å². The number of benzene rings is 9. The van der Waals surface area contributed by atoms with Gasteiger partial charge in [0.2, 0.25) is 0 Å². The van der Waals surface area contributed by atoms with Crippen molar-refractivity contribution < 1.29 is 0 Å². The molecule has 0 saturated carbocycles. The third kappa shape index (κ3) is 3.79. The maximum atomic E-state index is 2.43. The molecule has 0 N–H and O–H groups in total. The molecule has 0 aliphatic heterocycles. The van der Waals surface area contributed by atoms with E-state index in [2.05, 4.69) is 191 Å². The summed E-state index contributed by atoms with van der Waals surface area (Å²) < 4.78 is 4.84. The van der Waals surface area contributed by atoms with Crippen molar-refractivity contribution in [3.05, 3.63) is 182 Å². The second-order valence-corrected chi connectivity index (χ2v) is 13.3. The lowest BCUT2D eigenvalue weighted by Gasteiger charge is -2.13. The van der Waals surface area contributed by atoms with Crippen LogP contribution in [0.2, 0.25) is 0 Å². The normalized spacial score (nSPS) is 12.0. The summed E-state index contributed by atoms with van der Waals surface area (Å²) in [5, 5.41) is 12.9. The van der Waals surface area contributed by atoms with Crippen LogP contribution < -0.4 is 0 Å². The topological polar surface area (TPSA) is 9.86 Å². The van der Waals surface area contributed by atoms with Crippen molar-refractivity contribution in [3.63, 3.8) is 0 Å². The van der Waals surface area contributed by atoms with Crippen LogP contribution in [0.15, 0.2) is 182 Å². The summed E-state index contributed by atoms with van der Waals surface area (Å²) in [5.74, 6) is 0. The van der Waals surface area contributed by atoms with Gasteiger partial charge in [-0.05, 0) is 98.0 Å². The Morgan fingerprint density at radius 1 is 0.240 bits per heavy atom. The lowest BCUT2D eigenvalue weighted by Crippen LogP contribution is -1.94. The molecule has 0 fully saturated rings. The van der Waals surface area contributed by atoms with Gasteiger partial charge in [0.25, 0.3) is 0 Å². The van der Waals surface area contributed by atoms with E-state index in [0.717, 1.165) is 5.69 Å². The van der Waals surface area contributed by atoms with Gasteiger partial charge in [-0.3, -0.25) is 0 Å². The average molecular weight is 635 g/mol. The highest BCUT2D eigenvalue weighted by Gasteiger charge is 2.20. The highest BCUT2D eigenvalue weighted by atomic mass is 15.0. The predicted octanol–water partition coefficient (Wildman–Crippen LogP) is 13.0. The Morgan fingerprint density at radius 3 is 1.18 bits per heavy atom. The molecule has 9 aromatic carbocycles. The molecule has 0 aliphatic carbocycles. The van der Waals surface area contributed by atoms with Gasteiger partial charge >= 0.3 is 0 Å². The van der Waals surface area contributed by atoms with Crippen molar-refractivity contribution in [2.75, 3.05) is 0 Å². The Bertz CT molecular complexity index is 3090. The van der Waals surface area contributed by atoms with Crippen molar-refractivity contribution in [1.82, 2.24) is 9.13 Å². The summed E-state index contributed by atoms with van der Waals surface area (Å²) in [7, 11) is 0. The number of para-hydroxylation sites is 3. The van der Waals surface area contributed by atoms with Crippen molar-refractivity contribution in [2.24, 2.45) is 0 Å². The van der Waals surface area contributed by atoms with Crippen LogP contribution in [0.5, 0.6) is 0 Å². The summed E-state index contributed by atoms with van der Waals surface area (Å²) in [6.45, 7) is 0. The third-order valence-corrected chi connectivity index (χ3v) is 10.7. The van der Waals surface area contributed by atoms with E-state index < -0.39 is 0 Å². The molecule has 0 amide bonds. The molecule has 0 aliphatic rings. The average Bonchev–Trinajstić information content (AvgIpc) is 3.71. The zero-order chi connectivity index (χ0) is 32.8. The van der Waals surface area contributed by atoms with Crippen LogP contribution in [0.1, 0.15) is 0 Å². The summed E-state index contributed by atoms with van der Waals surface area (Å²) in [4.78, 5) is 0. The quantitative estimate of drug-likeness (QED) is 0.171.